The van der Waals surface area contributed by atoms with Gasteiger partial charge in [0.1, 0.15) is 0 Å². The fraction of sp³-hybridized carbons (Fsp3) is 0.316. The first-order valence-electron chi connectivity index (χ1n) is 7.81. The van der Waals surface area contributed by atoms with E-state index in [9.17, 15) is 4.79 Å². The summed E-state index contributed by atoms with van der Waals surface area (Å²) in [7, 11) is 0. The molecule has 0 bridgehead atoms. The highest BCUT2D eigenvalue weighted by Gasteiger charge is 2.39. The van der Waals surface area contributed by atoms with E-state index in [0.717, 1.165) is 30.5 Å². The quantitative estimate of drug-likeness (QED) is 0.859. The molecule has 22 heavy (non-hydrogen) atoms. The molecule has 3 heteroatoms. The lowest BCUT2D eigenvalue weighted by atomic mass is 9.72. The Bertz CT molecular complexity index is 675. The third kappa shape index (κ3) is 2.84. The summed E-state index contributed by atoms with van der Waals surface area (Å²) in [4.78, 5) is 12.4. The Morgan fingerprint density at radius 3 is 2.36 bits per heavy atom. The van der Waals surface area contributed by atoms with Gasteiger partial charge in [0.2, 0.25) is 0 Å². The van der Waals surface area contributed by atoms with Gasteiger partial charge in [-0.1, -0.05) is 48.0 Å². The molecule has 2 aromatic rings. The number of nitrogens with one attached hydrogen (secondary N) is 2. The zero-order valence-corrected chi connectivity index (χ0v) is 13.1. The molecule has 3 nitrogen and oxygen atoms in total. The summed E-state index contributed by atoms with van der Waals surface area (Å²) in [5, 5.41) is 6.17. The van der Waals surface area contributed by atoms with Gasteiger partial charge in [0.05, 0.1) is 5.54 Å². The van der Waals surface area contributed by atoms with Crippen molar-refractivity contribution in [2.24, 2.45) is 0 Å². The first kappa shape index (κ1) is 14.6. The van der Waals surface area contributed by atoms with E-state index >= 15 is 0 Å². The molecule has 0 aromatic heterocycles. The summed E-state index contributed by atoms with van der Waals surface area (Å²) in [6, 6.07) is 16.2. The van der Waals surface area contributed by atoms with Crippen LogP contribution in [0.2, 0.25) is 0 Å². The fourth-order valence-electron chi connectivity index (χ4n) is 3.10. The Hall–Kier alpha value is -2.29. The van der Waals surface area contributed by atoms with Crippen molar-refractivity contribution >= 4 is 11.7 Å². The molecule has 0 spiro atoms. The molecule has 1 aliphatic rings. The topological polar surface area (TPSA) is 41.1 Å². The Kier molecular flexibility index (Phi) is 3.88. The van der Waals surface area contributed by atoms with Crippen LogP contribution in [0.5, 0.6) is 0 Å². The van der Waals surface area contributed by atoms with Gasteiger partial charge in [0.15, 0.2) is 0 Å². The summed E-state index contributed by atoms with van der Waals surface area (Å²) in [6.45, 7) is 4.06. The Morgan fingerprint density at radius 2 is 1.77 bits per heavy atom. The average Bonchev–Trinajstić information content (AvgIpc) is 2.47. The maximum atomic E-state index is 12.4. The van der Waals surface area contributed by atoms with Crippen LogP contribution in [-0.2, 0) is 5.54 Å². The SMILES string of the molecule is Cc1ccc(NC(=O)NC2(c3ccccc3)CCC2)c(C)c1. The minimum atomic E-state index is -0.204. The molecule has 1 saturated carbocycles. The number of hydrogen-bond acceptors (Lipinski definition) is 1. The molecule has 114 valence electrons. The summed E-state index contributed by atoms with van der Waals surface area (Å²) in [5.74, 6) is 0. The van der Waals surface area contributed by atoms with Crippen molar-refractivity contribution in [2.75, 3.05) is 5.32 Å². The van der Waals surface area contributed by atoms with Crippen LogP contribution >= 0.6 is 0 Å². The standard InChI is InChI=1S/C19H22N2O/c1-14-9-10-17(15(2)13-14)20-18(22)21-19(11-6-12-19)16-7-4-3-5-8-16/h3-5,7-10,13H,6,11-12H2,1-2H3,(H2,20,21,22). The van der Waals surface area contributed by atoms with Gasteiger partial charge in [-0.05, 0) is 50.3 Å². The Labute approximate surface area is 131 Å². The van der Waals surface area contributed by atoms with E-state index in [1.54, 1.807) is 0 Å². The van der Waals surface area contributed by atoms with Gasteiger partial charge >= 0.3 is 6.03 Å². The number of aryl methyl sites for hydroxylation is 2. The van der Waals surface area contributed by atoms with Crippen molar-refractivity contribution in [1.82, 2.24) is 5.32 Å². The monoisotopic (exact) mass is 294 g/mol. The number of rotatable bonds is 3. The molecule has 0 unspecified atom stereocenters. The first-order valence-corrected chi connectivity index (χ1v) is 7.81. The minimum Gasteiger partial charge on any atom is -0.328 e. The largest absolute Gasteiger partial charge is 0.328 e. The van der Waals surface area contributed by atoms with Crippen molar-refractivity contribution in [3.63, 3.8) is 0 Å². The number of urea groups is 1. The predicted octanol–water partition coefficient (Wildman–Crippen LogP) is 4.50. The minimum absolute atomic E-state index is 0.129. The third-order valence-corrected chi connectivity index (χ3v) is 4.52. The zero-order chi connectivity index (χ0) is 15.6. The van der Waals surface area contributed by atoms with E-state index in [1.165, 1.54) is 11.1 Å². The number of anilines is 1. The molecule has 0 aliphatic heterocycles. The molecule has 1 aliphatic carbocycles. The molecule has 2 amide bonds. The second-order valence-corrected chi connectivity index (χ2v) is 6.20. The lowest BCUT2D eigenvalue weighted by Crippen LogP contribution is -2.52. The number of amides is 2. The molecule has 3 rings (SSSR count). The molecule has 0 atom stereocenters. The predicted molar refractivity (Wildman–Crippen MR) is 90.0 cm³/mol. The van der Waals surface area contributed by atoms with Gasteiger partial charge in [-0.25, -0.2) is 4.79 Å². The van der Waals surface area contributed by atoms with Crippen molar-refractivity contribution in [1.29, 1.82) is 0 Å². The number of carbonyl (C=O) groups excluding carboxylic acids is 1. The van der Waals surface area contributed by atoms with Crippen molar-refractivity contribution < 1.29 is 4.79 Å². The van der Waals surface area contributed by atoms with Crippen LogP contribution in [0.15, 0.2) is 48.5 Å². The van der Waals surface area contributed by atoms with Crippen LogP contribution in [0.4, 0.5) is 10.5 Å². The summed E-state index contributed by atoms with van der Waals surface area (Å²) >= 11 is 0. The van der Waals surface area contributed by atoms with E-state index in [4.69, 9.17) is 0 Å². The van der Waals surface area contributed by atoms with E-state index in [-0.39, 0.29) is 11.6 Å². The first-order chi connectivity index (χ1) is 10.6. The smallest absolute Gasteiger partial charge is 0.319 e. The van der Waals surface area contributed by atoms with Crippen molar-refractivity contribution in [3.8, 4) is 0 Å². The van der Waals surface area contributed by atoms with Crippen LogP contribution in [0, 0.1) is 13.8 Å². The van der Waals surface area contributed by atoms with Gasteiger partial charge in [-0.15, -0.1) is 0 Å². The van der Waals surface area contributed by atoms with E-state index in [0.29, 0.717) is 0 Å². The maximum absolute atomic E-state index is 12.4. The molecule has 0 saturated heterocycles. The summed E-state index contributed by atoms with van der Waals surface area (Å²) < 4.78 is 0. The molecule has 0 heterocycles. The Morgan fingerprint density at radius 1 is 1.05 bits per heavy atom. The normalized spacial score (nSPS) is 15.7. The summed E-state index contributed by atoms with van der Waals surface area (Å²) in [6.07, 6.45) is 3.15. The highest BCUT2D eigenvalue weighted by atomic mass is 16.2. The lowest BCUT2D eigenvalue weighted by molar-refractivity contribution is 0.185. The van der Waals surface area contributed by atoms with Crippen molar-refractivity contribution in [3.05, 3.63) is 65.2 Å². The summed E-state index contributed by atoms with van der Waals surface area (Å²) in [5.41, 5.74) is 4.13. The number of carbonyl (C=O) groups is 1. The number of hydrogen-bond donors (Lipinski definition) is 2. The Balaban J connectivity index is 1.73. The van der Waals surface area contributed by atoms with Crippen LogP contribution < -0.4 is 10.6 Å². The van der Waals surface area contributed by atoms with Crippen LogP contribution in [0.1, 0.15) is 36.0 Å². The molecular weight excluding hydrogens is 272 g/mol. The third-order valence-electron chi connectivity index (χ3n) is 4.52. The highest BCUT2D eigenvalue weighted by molar-refractivity contribution is 5.90. The van der Waals surface area contributed by atoms with Crippen molar-refractivity contribution in [2.45, 2.75) is 38.6 Å². The molecule has 0 radical (unpaired) electrons. The van der Waals surface area contributed by atoms with Crippen LogP contribution in [-0.4, -0.2) is 6.03 Å². The molecule has 2 aromatic carbocycles. The molecule has 2 N–H and O–H groups in total. The lowest BCUT2D eigenvalue weighted by Gasteiger charge is -2.43. The van der Waals surface area contributed by atoms with Gasteiger partial charge in [-0.2, -0.15) is 0 Å². The molecular formula is C19H22N2O. The van der Waals surface area contributed by atoms with Gasteiger partial charge in [0.25, 0.3) is 0 Å². The van der Waals surface area contributed by atoms with E-state index in [2.05, 4.69) is 35.8 Å². The molecule has 1 fully saturated rings. The van der Waals surface area contributed by atoms with Crippen LogP contribution in [0.25, 0.3) is 0 Å². The second-order valence-electron chi connectivity index (χ2n) is 6.20. The number of benzene rings is 2. The van der Waals surface area contributed by atoms with Gasteiger partial charge in [-0.3, -0.25) is 0 Å². The van der Waals surface area contributed by atoms with Gasteiger partial charge < -0.3 is 10.6 Å². The average molecular weight is 294 g/mol. The van der Waals surface area contributed by atoms with E-state index < -0.39 is 0 Å². The highest BCUT2D eigenvalue weighted by Crippen LogP contribution is 2.41. The van der Waals surface area contributed by atoms with Crippen LogP contribution in [0.3, 0.4) is 0 Å². The van der Waals surface area contributed by atoms with E-state index in [1.807, 2.05) is 37.3 Å². The fourth-order valence-corrected chi connectivity index (χ4v) is 3.10. The van der Waals surface area contributed by atoms with Gasteiger partial charge in [0, 0.05) is 5.69 Å². The maximum Gasteiger partial charge on any atom is 0.319 e. The zero-order valence-electron chi connectivity index (χ0n) is 13.1. The second kappa shape index (κ2) is 5.84.